The van der Waals surface area contributed by atoms with Gasteiger partial charge >= 0.3 is 12.2 Å². The number of hydrogen-bond donors (Lipinski definition) is 2. The molecule has 1 fully saturated rings. The molecule has 1 aliphatic heterocycles. The first-order chi connectivity index (χ1) is 11.1. The molecule has 2 N–H and O–H groups in total. The largest absolute Gasteiger partial charge is 0.489 e. The fourth-order valence-corrected chi connectivity index (χ4v) is 2.36. The smallest absolute Gasteiger partial charge is 0.407 e. The maximum Gasteiger partial charge on any atom is 0.407 e. The summed E-state index contributed by atoms with van der Waals surface area (Å²) in [4.78, 5) is 46.8. The second-order valence-corrected chi connectivity index (χ2v) is 6.40. The van der Waals surface area contributed by atoms with Gasteiger partial charge in [0, 0.05) is 6.54 Å². The first kappa shape index (κ1) is 19.5. The molecule has 1 saturated heterocycles. The Morgan fingerprint density at radius 2 is 1.96 bits per heavy atom. The zero-order valence-electron chi connectivity index (χ0n) is 14.1. The normalized spacial score (nSPS) is 20.1. The highest BCUT2D eigenvalue weighted by molar-refractivity contribution is 5.90. The van der Waals surface area contributed by atoms with E-state index in [0.717, 1.165) is 4.90 Å². The number of amides is 2. The first-order valence-corrected chi connectivity index (χ1v) is 7.37. The van der Waals surface area contributed by atoms with Crippen LogP contribution in [0.4, 0.5) is 9.59 Å². The molecule has 0 unspecified atom stereocenters. The fraction of sp³-hybridized carbons (Fsp3) is 0.667. The van der Waals surface area contributed by atoms with Gasteiger partial charge < -0.3 is 19.9 Å². The lowest BCUT2D eigenvalue weighted by atomic mass is 10.1. The highest BCUT2D eigenvalue weighted by Gasteiger charge is 2.40. The van der Waals surface area contributed by atoms with Crippen molar-refractivity contribution >= 4 is 23.9 Å². The summed E-state index contributed by atoms with van der Waals surface area (Å²) in [5.41, 5.74) is -0.688. The van der Waals surface area contributed by atoms with Crippen molar-refractivity contribution in [2.75, 3.05) is 13.7 Å². The highest BCUT2D eigenvalue weighted by atomic mass is 16.6. The molecule has 1 heterocycles. The van der Waals surface area contributed by atoms with Gasteiger partial charge in [-0.05, 0) is 27.2 Å². The number of carbonyl (C=O) groups excluding carboxylic acids is 3. The van der Waals surface area contributed by atoms with Crippen molar-refractivity contribution in [1.29, 1.82) is 0 Å². The van der Waals surface area contributed by atoms with E-state index in [0.29, 0.717) is 0 Å². The number of rotatable bonds is 5. The quantitative estimate of drug-likeness (QED) is 0.563. The molecule has 9 heteroatoms. The molecule has 0 radical (unpaired) electrons. The van der Waals surface area contributed by atoms with E-state index in [9.17, 15) is 24.3 Å². The van der Waals surface area contributed by atoms with Gasteiger partial charge in [-0.1, -0.05) is 0 Å². The second-order valence-electron chi connectivity index (χ2n) is 6.40. The molecule has 1 aliphatic rings. The minimum Gasteiger partial charge on any atom is -0.489 e. The third-order valence-corrected chi connectivity index (χ3v) is 3.33. The van der Waals surface area contributed by atoms with Crippen LogP contribution in [-0.2, 0) is 19.1 Å². The van der Waals surface area contributed by atoms with E-state index in [1.165, 1.54) is 13.1 Å². The Hall–Kier alpha value is -2.54. The lowest BCUT2D eigenvalue weighted by Gasteiger charge is -2.21. The van der Waals surface area contributed by atoms with Crippen LogP contribution in [0.25, 0.3) is 0 Å². The summed E-state index contributed by atoms with van der Waals surface area (Å²) in [5, 5.41) is 11.8. The summed E-state index contributed by atoms with van der Waals surface area (Å²) >= 11 is 0. The van der Waals surface area contributed by atoms with Crippen LogP contribution in [0.3, 0.4) is 0 Å². The summed E-state index contributed by atoms with van der Waals surface area (Å²) in [6.45, 7) is 5.07. The number of ether oxygens (including phenoxy) is 2. The van der Waals surface area contributed by atoms with Crippen LogP contribution in [0.2, 0.25) is 0 Å². The molecule has 2 amide bonds. The van der Waals surface area contributed by atoms with E-state index < -0.39 is 35.7 Å². The Balaban J connectivity index is 2.76. The van der Waals surface area contributed by atoms with Crippen LogP contribution < -0.4 is 5.32 Å². The van der Waals surface area contributed by atoms with Crippen molar-refractivity contribution in [1.82, 2.24) is 10.2 Å². The first-order valence-electron chi connectivity index (χ1n) is 7.37. The summed E-state index contributed by atoms with van der Waals surface area (Å²) < 4.78 is 9.80. The Morgan fingerprint density at radius 3 is 2.42 bits per heavy atom. The summed E-state index contributed by atoms with van der Waals surface area (Å²) in [7, 11) is 1.23. The number of hydrogen-bond acceptors (Lipinski definition) is 6. The molecule has 0 spiro atoms. The highest BCUT2D eigenvalue weighted by Crippen LogP contribution is 2.22. The van der Waals surface area contributed by atoms with Gasteiger partial charge in [-0.3, -0.25) is 9.69 Å². The molecule has 0 bridgehead atoms. The Kier molecular flexibility index (Phi) is 6.36. The van der Waals surface area contributed by atoms with Crippen LogP contribution >= 0.6 is 0 Å². The van der Waals surface area contributed by atoms with E-state index in [1.54, 1.807) is 20.8 Å². The molecule has 0 aromatic rings. The SMILES string of the molecule is COC(=C=O)CC(=O)[C@@H]1C[C@H](NC(=O)OC(C)(C)C)CN1C(=O)O. The van der Waals surface area contributed by atoms with Gasteiger partial charge in [-0.2, -0.15) is 0 Å². The number of methoxy groups -OCH3 is 1. The van der Waals surface area contributed by atoms with Crippen LogP contribution in [0, 0.1) is 0 Å². The van der Waals surface area contributed by atoms with E-state index in [2.05, 4.69) is 10.1 Å². The molecular formula is C15H22N2O7. The Labute approximate surface area is 139 Å². The van der Waals surface area contributed by atoms with E-state index >= 15 is 0 Å². The lowest BCUT2D eigenvalue weighted by Crippen LogP contribution is -2.42. The average molecular weight is 342 g/mol. The molecule has 2 atom stereocenters. The topological polar surface area (TPSA) is 122 Å². The van der Waals surface area contributed by atoms with Crippen molar-refractivity contribution in [3.8, 4) is 0 Å². The van der Waals surface area contributed by atoms with Crippen molar-refractivity contribution in [2.24, 2.45) is 0 Å². The number of carbonyl (C=O) groups is 3. The third-order valence-electron chi connectivity index (χ3n) is 3.33. The third kappa shape index (κ3) is 5.58. The van der Waals surface area contributed by atoms with Crippen LogP contribution in [0.15, 0.2) is 5.76 Å². The number of nitrogens with zero attached hydrogens (tertiary/aromatic N) is 1. The zero-order valence-corrected chi connectivity index (χ0v) is 14.1. The van der Waals surface area contributed by atoms with Gasteiger partial charge in [0.05, 0.1) is 25.6 Å². The summed E-state index contributed by atoms with van der Waals surface area (Å²) in [5.74, 6) is 0.793. The van der Waals surface area contributed by atoms with Crippen LogP contribution in [0.5, 0.6) is 0 Å². The van der Waals surface area contributed by atoms with Gasteiger partial charge in [-0.25, -0.2) is 14.4 Å². The lowest BCUT2D eigenvalue weighted by molar-refractivity contribution is -0.122. The van der Waals surface area contributed by atoms with Gasteiger partial charge in [-0.15, -0.1) is 0 Å². The molecule has 134 valence electrons. The number of likely N-dealkylation sites (tertiary alicyclic amines) is 1. The molecule has 0 aromatic carbocycles. The average Bonchev–Trinajstić information content (AvgIpc) is 2.86. The fourth-order valence-electron chi connectivity index (χ4n) is 2.36. The van der Waals surface area contributed by atoms with Gasteiger partial charge in [0.2, 0.25) is 0 Å². The van der Waals surface area contributed by atoms with Crippen LogP contribution in [-0.4, -0.2) is 65.3 Å². The second kappa shape index (κ2) is 7.83. The standard InChI is InChI=1S/C15H22N2O7/c1-15(2,3)24-13(20)16-9-5-11(17(7-9)14(21)22)12(19)6-10(8-18)23-4/h9,11H,5-7H2,1-4H3,(H,16,20)(H,21,22)/t9-,11-/m0/s1. The molecular weight excluding hydrogens is 320 g/mol. The summed E-state index contributed by atoms with van der Waals surface area (Å²) in [6, 6.07) is -1.53. The summed E-state index contributed by atoms with van der Waals surface area (Å²) in [6.07, 6.45) is -2.22. The van der Waals surface area contributed by atoms with E-state index in [4.69, 9.17) is 4.74 Å². The van der Waals surface area contributed by atoms with Gasteiger partial charge in [0.15, 0.2) is 17.5 Å². The molecule has 9 nitrogen and oxygen atoms in total. The van der Waals surface area contributed by atoms with Crippen LogP contribution in [0.1, 0.15) is 33.6 Å². The van der Waals surface area contributed by atoms with Crippen molar-refractivity contribution in [3.05, 3.63) is 5.76 Å². The maximum atomic E-state index is 12.2. The minimum absolute atomic E-state index is 0.0435. The Morgan fingerprint density at radius 1 is 1.33 bits per heavy atom. The number of allylic oxidation sites excluding steroid dienone is 1. The zero-order chi connectivity index (χ0) is 18.5. The van der Waals surface area contributed by atoms with E-state index in [-0.39, 0.29) is 25.1 Å². The number of carboxylic acid groups (broad SMARTS) is 1. The Bertz CT molecular complexity index is 561. The van der Waals surface area contributed by atoms with Gasteiger partial charge in [0.1, 0.15) is 5.60 Å². The van der Waals surface area contributed by atoms with Crippen molar-refractivity contribution in [3.63, 3.8) is 0 Å². The van der Waals surface area contributed by atoms with E-state index in [1.807, 2.05) is 0 Å². The molecule has 0 aromatic heterocycles. The van der Waals surface area contributed by atoms with Crippen molar-refractivity contribution < 1.29 is 33.8 Å². The number of Topliss-reactive ketones (excluding diaryl/α,β-unsaturated/α-hetero) is 1. The molecule has 0 aliphatic carbocycles. The predicted molar refractivity (Wildman–Crippen MR) is 82.1 cm³/mol. The maximum absolute atomic E-state index is 12.2. The van der Waals surface area contributed by atoms with Gasteiger partial charge in [0.25, 0.3) is 0 Å². The molecule has 1 rings (SSSR count). The minimum atomic E-state index is -1.28. The monoisotopic (exact) mass is 342 g/mol. The van der Waals surface area contributed by atoms with Crippen molar-refractivity contribution in [2.45, 2.75) is 51.3 Å². The molecule has 0 saturated carbocycles. The number of nitrogens with one attached hydrogen (secondary N) is 1. The molecule has 24 heavy (non-hydrogen) atoms. The predicted octanol–water partition coefficient (Wildman–Crippen LogP) is 0.953. The number of ketones is 1. The number of alkyl carbamates (subject to hydrolysis) is 1.